The van der Waals surface area contributed by atoms with Gasteiger partial charge in [-0.2, -0.15) is 0 Å². The van der Waals surface area contributed by atoms with Crippen LogP contribution in [0.5, 0.6) is 0 Å². The fraction of sp³-hybridized carbons (Fsp3) is 0.333. The highest BCUT2D eigenvalue weighted by Gasteiger charge is 2.28. The summed E-state index contributed by atoms with van der Waals surface area (Å²) in [5.41, 5.74) is 0.476. The summed E-state index contributed by atoms with van der Waals surface area (Å²) < 4.78 is 2.02. The molecular weight excluding hydrogens is 330 g/mol. The van der Waals surface area contributed by atoms with E-state index in [2.05, 4.69) is 20.5 Å². The van der Waals surface area contributed by atoms with Gasteiger partial charge in [-0.3, -0.25) is 4.79 Å². The van der Waals surface area contributed by atoms with Crippen molar-refractivity contribution in [3.05, 3.63) is 40.7 Å². The summed E-state index contributed by atoms with van der Waals surface area (Å²) in [6.45, 7) is 1.23. The molecule has 0 aromatic carbocycles. The quantitative estimate of drug-likeness (QED) is 0.745. The molecule has 0 bridgehead atoms. The lowest BCUT2D eigenvalue weighted by Crippen LogP contribution is -2.27. The van der Waals surface area contributed by atoms with Crippen molar-refractivity contribution < 1.29 is 4.79 Å². The molecule has 23 heavy (non-hydrogen) atoms. The Morgan fingerprint density at radius 3 is 3.09 bits per heavy atom. The number of hydrogen-bond donors (Lipinski definition) is 1. The second kappa shape index (κ2) is 6.21. The zero-order valence-electron chi connectivity index (χ0n) is 12.3. The number of hydrogen-bond acceptors (Lipinski definition) is 6. The van der Waals surface area contributed by atoms with E-state index in [4.69, 9.17) is 0 Å². The van der Waals surface area contributed by atoms with Gasteiger partial charge < -0.3 is 9.88 Å². The van der Waals surface area contributed by atoms with Gasteiger partial charge in [-0.1, -0.05) is 6.07 Å². The summed E-state index contributed by atoms with van der Waals surface area (Å²) in [5.74, 6) is 1.46. The van der Waals surface area contributed by atoms with E-state index in [1.807, 2.05) is 22.1 Å². The van der Waals surface area contributed by atoms with Gasteiger partial charge in [-0.05, 0) is 24.3 Å². The van der Waals surface area contributed by atoms with Crippen molar-refractivity contribution >= 4 is 28.6 Å². The summed E-state index contributed by atoms with van der Waals surface area (Å²) in [4.78, 5) is 17.7. The summed E-state index contributed by atoms with van der Waals surface area (Å²) in [6, 6.07) is 3.99. The molecule has 4 rings (SSSR count). The first kappa shape index (κ1) is 14.5. The van der Waals surface area contributed by atoms with E-state index < -0.39 is 0 Å². The molecule has 0 unspecified atom stereocenters. The first-order chi connectivity index (χ1) is 11.3. The molecule has 0 atom stereocenters. The number of thiophene rings is 1. The maximum absolute atomic E-state index is 12.2. The van der Waals surface area contributed by atoms with Gasteiger partial charge in [0.05, 0.1) is 4.88 Å². The zero-order valence-corrected chi connectivity index (χ0v) is 13.9. The van der Waals surface area contributed by atoms with Gasteiger partial charge in [0.1, 0.15) is 22.9 Å². The molecule has 0 aliphatic heterocycles. The highest BCUT2D eigenvalue weighted by atomic mass is 32.1. The van der Waals surface area contributed by atoms with Crippen molar-refractivity contribution in [2.45, 2.75) is 25.3 Å². The minimum Gasteiger partial charge on any atom is -0.349 e. The van der Waals surface area contributed by atoms with Gasteiger partial charge in [0.15, 0.2) is 0 Å². The van der Waals surface area contributed by atoms with Gasteiger partial charge >= 0.3 is 0 Å². The Labute approximate surface area is 141 Å². The Kier molecular flexibility index (Phi) is 3.92. The van der Waals surface area contributed by atoms with Crippen LogP contribution in [0, 0.1) is 0 Å². The van der Waals surface area contributed by atoms with Gasteiger partial charge in [-0.15, -0.1) is 32.9 Å². The molecule has 3 aromatic heterocycles. The predicted octanol–water partition coefficient (Wildman–Crippen LogP) is 2.77. The lowest BCUT2D eigenvalue weighted by atomic mass is 10.4. The fourth-order valence-corrected chi connectivity index (χ4v) is 3.98. The number of carbonyl (C=O) groups excluding carboxylic acids is 1. The van der Waals surface area contributed by atoms with Crippen LogP contribution in [0.1, 0.15) is 35.1 Å². The maximum Gasteiger partial charge on any atom is 0.270 e. The molecule has 118 valence electrons. The topological polar surface area (TPSA) is 72.7 Å². The van der Waals surface area contributed by atoms with Crippen molar-refractivity contribution in [3.63, 3.8) is 0 Å². The van der Waals surface area contributed by atoms with Crippen LogP contribution in [0.2, 0.25) is 0 Å². The number of carbonyl (C=O) groups is 1. The molecule has 3 aromatic rings. The number of thiazole rings is 1. The number of rotatable bonds is 6. The highest BCUT2D eigenvalue weighted by molar-refractivity contribution is 7.20. The maximum atomic E-state index is 12.2. The van der Waals surface area contributed by atoms with Crippen LogP contribution in [0.4, 0.5) is 0 Å². The van der Waals surface area contributed by atoms with Gasteiger partial charge in [-0.25, -0.2) is 4.98 Å². The third-order valence-electron chi connectivity index (χ3n) is 3.70. The van der Waals surface area contributed by atoms with E-state index in [0.29, 0.717) is 24.7 Å². The lowest BCUT2D eigenvalue weighted by Gasteiger charge is -2.06. The van der Waals surface area contributed by atoms with Gasteiger partial charge in [0.25, 0.3) is 5.91 Å². The van der Waals surface area contributed by atoms with Crippen LogP contribution in [-0.4, -0.2) is 32.2 Å². The Bertz CT molecular complexity index is 804. The van der Waals surface area contributed by atoms with Crippen LogP contribution in [-0.2, 0) is 6.54 Å². The van der Waals surface area contributed by atoms with Crippen LogP contribution in [0.3, 0.4) is 0 Å². The van der Waals surface area contributed by atoms with Crippen LogP contribution >= 0.6 is 22.7 Å². The fourth-order valence-electron chi connectivity index (χ4n) is 2.37. The second-order valence-corrected chi connectivity index (χ2v) is 7.23. The largest absolute Gasteiger partial charge is 0.349 e. The normalized spacial score (nSPS) is 14.1. The van der Waals surface area contributed by atoms with Crippen molar-refractivity contribution in [3.8, 4) is 9.88 Å². The minimum atomic E-state index is -0.134. The Morgan fingerprint density at radius 2 is 2.30 bits per heavy atom. The number of amides is 1. The molecule has 8 heteroatoms. The highest BCUT2D eigenvalue weighted by Crippen LogP contribution is 2.38. The first-order valence-electron chi connectivity index (χ1n) is 7.46. The molecule has 1 aliphatic carbocycles. The van der Waals surface area contributed by atoms with E-state index in [9.17, 15) is 4.79 Å². The van der Waals surface area contributed by atoms with Crippen LogP contribution < -0.4 is 5.32 Å². The van der Waals surface area contributed by atoms with Crippen molar-refractivity contribution in [2.75, 3.05) is 6.54 Å². The average molecular weight is 345 g/mol. The molecule has 1 N–H and O–H groups in total. The Balaban J connectivity index is 1.34. The molecule has 0 saturated heterocycles. The van der Waals surface area contributed by atoms with Crippen molar-refractivity contribution in [1.82, 2.24) is 25.1 Å². The third-order valence-corrected chi connectivity index (χ3v) is 5.58. The molecule has 0 spiro atoms. The molecule has 6 nitrogen and oxygen atoms in total. The minimum absolute atomic E-state index is 0.134. The smallest absolute Gasteiger partial charge is 0.270 e. The SMILES string of the molecule is O=C(NCCn1cnnc1C1CC1)c1csc(-c2cccs2)n1. The predicted molar refractivity (Wildman–Crippen MR) is 89.8 cm³/mol. The van der Waals surface area contributed by atoms with E-state index in [1.165, 1.54) is 24.2 Å². The van der Waals surface area contributed by atoms with Crippen molar-refractivity contribution in [1.29, 1.82) is 0 Å². The summed E-state index contributed by atoms with van der Waals surface area (Å²) >= 11 is 3.12. The molecule has 1 fully saturated rings. The van der Waals surface area contributed by atoms with Gasteiger partial charge in [0.2, 0.25) is 0 Å². The van der Waals surface area contributed by atoms with E-state index >= 15 is 0 Å². The Hall–Kier alpha value is -2.06. The zero-order chi connectivity index (χ0) is 15.6. The van der Waals surface area contributed by atoms with Crippen LogP contribution in [0.15, 0.2) is 29.2 Å². The molecule has 0 radical (unpaired) electrons. The number of aromatic nitrogens is 4. The molecule has 1 amide bonds. The number of nitrogens with one attached hydrogen (secondary N) is 1. The van der Waals surface area contributed by atoms with E-state index in [0.717, 1.165) is 15.7 Å². The monoisotopic (exact) mass is 345 g/mol. The van der Waals surface area contributed by atoms with Crippen molar-refractivity contribution in [2.24, 2.45) is 0 Å². The summed E-state index contributed by atoms with van der Waals surface area (Å²) in [6.07, 6.45) is 4.11. The molecular formula is C15H15N5OS2. The third kappa shape index (κ3) is 3.18. The standard InChI is InChI=1S/C15H15N5OS2/c21-14(11-8-23-15(18-11)12-2-1-7-22-12)16-5-6-20-9-17-19-13(20)10-3-4-10/h1-2,7-10H,3-6H2,(H,16,21). The number of nitrogens with zero attached hydrogens (tertiary/aromatic N) is 4. The second-order valence-electron chi connectivity index (χ2n) is 5.43. The lowest BCUT2D eigenvalue weighted by molar-refractivity contribution is 0.0948. The van der Waals surface area contributed by atoms with E-state index in [1.54, 1.807) is 23.0 Å². The Morgan fingerprint density at radius 1 is 1.39 bits per heavy atom. The van der Waals surface area contributed by atoms with Gasteiger partial charge in [0, 0.05) is 24.4 Å². The molecule has 1 saturated carbocycles. The molecule has 3 heterocycles. The average Bonchev–Trinajstić information content (AvgIpc) is 3.04. The van der Waals surface area contributed by atoms with E-state index in [-0.39, 0.29) is 5.91 Å². The molecule has 1 aliphatic rings. The van der Waals surface area contributed by atoms with Crippen LogP contribution in [0.25, 0.3) is 9.88 Å². The first-order valence-corrected chi connectivity index (χ1v) is 9.22. The summed E-state index contributed by atoms with van der Waals surface area (Å²) in [5, 5.41) is 15.7. The summed E-state index contributed by atoms with van der Waals surface area (Å²) in [7, 11) is 0.